The van der Waals surface area contributed by atoms with E-state index in [4.69, 9.17) is 4.74 Å². The number of carbonyl (C=O) groups is 2. The van der Waals surface area contributed by atoms with Gasteiger partial charge in [0.25, 0.3) is 0 Å². The third-order valence-corrected chi connectivity index (χ3v) is 4.16. The number of amides is 2. The molecule has 7 nitrogen and oxygen atoms in total. The molecule has 0 radical (unpaired) electrons. The lowest BCUT2D eigenvalue weighted by molar-refractivity contribution is -0.123. The Morgan fingerprint density at radius 3 is 2.57 bits per heavy atom. The lowest BCUT2D eigenvalue weighted by Crippen LogP contribution is -2.46. The summed E-state index contributed by atoms with van der Waals surface area (Å²) < 4.78 is 5.24. The molecule has 3 N–H and O–H groups in total. The zero-order valence-corrected chi connectivity index (χ0v) is 16.2. The van der Waals surface area contributed by atoms with E-state index in [1.165, 1.54) is 0 Å². The Balaban J connectivity index is 1.85. The summed E-state index contributed by atoms with van der Waals surface area (Å²) >= 11 is 0. The number of alkyl carbamates (subject to hydrolysis) is 1. The number of ether oxygens (including phenoxy) is 1. The fourth-order valence-corrected chi connectivity index (χ4v) is 2.63. The summed E-state index contributed by atoms with van der Waals surface area (Å²) in [6, 6.07) is 14.3. The summed E-state index contributed by atoms with van der Waals surface area (Å²) in [7, 11) is 1.89. The van der Waals surface area contributed by atoms with Crippen LogP contribution in [0.5, 0.6) is 0 Å². The summed E-state index contributed by atoms with van der Waals surface area (Å²) in [4.78, 5) is 28.9. The van der Waals surface area contributed by atoms with Gasteiger partial charge >= 0.3 is 6.09 Å². The van der Waals surface area contributed by atoms with Gasteiger partial charge in [0.1, 0.15) is 12.6 Å². The Morgan fingerprint density at radius 1 is 1.07 bits per heavy atom. The molecular formula is C21H28N4O3. The minimum absolute atomic E-state index is 0.161. The first-order valence-corrected chi connectivity index (χ1v) is 9.48. The smallest absolute Gasteiger partial charge is 0.408 e. The number of benzene rings is 1. The van der Waals surface area contributed by atoms with Crippen LogP contribution in [0.4, 0.5) is 4.79 Å². The maximum atomic E-state index is 12.6. The van der Waals surface area contributed by atoms with Crippen molar-refractivity contribution in [3.05, 3.63) is 66.0 Å². The van der Waals surface area contributed by atoms with Crippen molar-refractivity contribution in [1.29, 1.82) is 0 Å². The maximum Gasteiger partial charge on any atom is 0.408 e. The molecule has 1 heterocycles. The van der Waals surface area contributed by atoms with Crippen LogP contribution in [-0.2, 0) is 22.7 Å². The fraction of sp³-hybridized carbons (Fsp3) is 0.381. The van der Waals surface area contributed by atoms with E-state index in [0.29, 0.717) is 13.0 Å². The molecule has 0 aliphatic rings. The summed E-state index contributed by atoms with van der Waals surface area (Å²) in [5.74, 6) is -0.244. The molecule has 0 bridgehead atoms. The van der Waals surface area contributed by atoms with Crippen molar-refractivity contribution in [3.63, 3.8) is 0 Å². The fourth-order valence-electron chi connectivity index (χ4n) is 2.63. The first-order chi connectivity index (χ1) is 13.7. The normalized spacial score (nSPS) is 11.5. The molecule has 1 aromatic carbocycles. The Hall–Kier alpha value is -2.93. The SMILES string of the molecule is CNCCCC[C@H](NC(=O)OCc1ccccc1)C(=O)NCc1ccccn1. The van der Waals surface area contributed by atoms with Gasteiger partial charge < -0.3 is 20.7 Å². The highest BCUT2D eigenvalue weighted by atomic mass is 16.5. The van der Waals surface area contributed by atoms with Crippen LogP contribution in [0.1, 0.15) is 30.5 Å². The van der Waals surface area contributed by atoms with Crippen LogP contribution in [0.3, 0.4) is 0 Å². The van der Waals surface area contributed by atoms with Crippen LogP contribution < -0.4 is 16.0 Å². The monoisotopic (exact) mass is 384 g/mol. The van der Waals surface area contributed by atoms with Crippen molar-refractivity contribution in [3.8, 4) is 0 Å². The quantitative estimate of drug-likeness (QED) is 0.517. The predicted molar refractivity (Wildman–Crippen MR) is 107 cm³/mol. The van der Waals surface area contributed by atoms with Gasteiger partial charge in [-0.2, -0.15) is 0 Å². The summed E-state index contributed by atoms with van der Waals surface area (Å²) in [5, 5.41) is 8.59. The average Bonchev–Trinajstić information content (AvgIpc) is 2.74. The molecular weight excluding hydrogens is 356 g/mol. The number of unbranched alkanes of at least 4 members (excludes halogenated alkanes) is 1. The maximum absolute atomic E-state index is 12.6. The molecule has 0 saturated carbocycles. The Kier molecular flexibility index (Phi) is 9.51. The molecule has 7 heteroatoms. The Morgan fingerprint density at radius 2 is 1.86 bits per heavy atom. The van der Waals surface area contributed by atoms with Crippen molar-refractivity contribution >= 4 is 12.0 Å². The van der Waals surface area contributed by atoms with E-state index in [0.717, 1.165) is 30.6 Å². The van der Waals surface area contributed by atoms with Crippen molar-refractivity contribution in [1.82, 2.24) is 20.9 Å². The van der Waals surface area contributed by atoms with Crippen LogP contribution in [0.25, 0.3) is 0 Å². The van der Waals surface area contributed by atoms with Crippen LogP contribution in [-0.4, -0.2) is 36.6 Å². The van der Waals surface area contributed by atoms with Crippen LogP contribution in [0, 0.1) is 0 Å². The molecule has 0 saturated heterocycles. The number of pyridine rings is 1. The van der Waals surface area contributed by atoms with Crippen molar-refractivity contribution in [2.24, 2.45) is 0 Å². The highest BCUT2D eigenvalue weighted by molar-refractivity contribution is 5.85. The van der Waals surface area contributed by atoms with E-state index < -0.39 is 12.1 Å². The minimum Gasteiger partial charge on any atom is -0.445 e. The highest BCUT2D eigenvalue weighted by Crippen LogP contribution is 2.05. The van der Waals surface area contributed by atoms with Gasteiger partial charge in [0.15, 0.2) is 0 Å². The predicted octanol–water partition coefficient (Wildman–Crippen LogP) is 2.38. The van der Waals surface area contributed by atoms with Crippen LogP contribution in [0.15, 0.2) is 54.7 Å². The van der Waals surface area contributed by atoms with E-state index >= 15 is 0 Å². The summed E-state index contributed by atoms with van der Waals surface area (Å²) in [6.45, 7) is 1.34. The largest absolute Gasteiger partial charge is 0.445 e. The zero-order valence-electron chi connectivity index (χ0n) is 16.2. The van der Waals surface area contributed by atoms with E-state index in [1.807, 2.05) is 55.6 Å². The average molecular weight is 384 g/mol. The molecule has 0 fully saturated rings. The van der Waals surface area contributed by atoms with E-state index in [2.05, 4.69) is 20.9 Å². The molecule has 2 aromatic rings. The first-order valence-electron chi connectivity index (χ1n) is 9.48. The molecule has 1 aromatic heterocycles. The van der Waals surface area contributed by atoms with Gasteiger partial charge in [-0.1, -0.05) is 36.4 Å². The molecule has 150 valence electrons. The van der Waals surface area contributed by atoms with Gasteiger partial charge in [-0.15, -0.1) is 0 Å². The van der Waals surface area contributed by atoms with Gasteiger partial charge in [-0.05, 0) is 50.6 Å². The Bertz CT molecular complexity index is 710. The first kappa shape index (κ1) is 21.4. The third kappa shape index (κ3) is 8.18. The number of hydrogen-bond donors (Lipinski definition) is 3. The highest BCUT2D eigenvalue weighted by Gasteiger charge is 2.21. The second-order valence-corrected chi connectivity index (χ2v) is 6.40. The Labute approximate surface area is 165 Å². The number of nitrogens with zero attached hydrogens (tertiary/aromatic N) is 1. The van der Waals surface area contributed by atoms with Gasteiger partial charge in [0.05, 0.1) is 12.2 Å². The number of aromatic nitrogens is 1. The number of hydrogen-bond acceptors (Lipinski definition) is 5. The second-order valence-electron chi connectivity index (χ2n) is 6.40. The molecule has 1 atom stereocenters. The number of carbonyl (C=O) groups excluding carboxylic acids is 2. The molecule has 2 amide bonds. The lowest BCUT2D eigenvalue weighted by atomic mass is 10.1. The van der Waals surface area contributed by atoms with Gasteiger partial charge in [0.2, 0.25) is 5.91 Å². The third-order valence-electron chi connectivity index (χ3n) is 4.16. The van der Waals surface area contributed by atoms with Gasteiger partial charge in [0, 0.05) is 6.20 Å². The topological polar surface area (TPSA) is 92.4 Å². The molecule has 0 spiro atoms. The van der Waals surface area contributed by atoms with Crippen molar-refractivity contribution in [2.45, 2.75) is 38.5 Å². The van der Waals surface area contributed by atoms with Gasteiger partial charge in [-0.25, -0.2) is 4.79 Å². The molecule has 28 heavy (non-hydrogen) atoms. The summed E-state index contributed by atoms with van der Waals surface area (Å²) in [5.41, 5.74) is 1.65. The van der Waals surface area contributed by atoms with E-state index in [1.54, 1.807) is 6.20 Å². The van der Waals surface area contributed by atoms with Crippen molar-refractivity contribution in [2.75, 3.05) is 13.6 Å². The molecule has 0 unspecified atom stereocenters. The van der Waals surface area contributed by atoms with Crippen LogP contribution in [0.2, 0.25) is 0 Å². The molecule has 0 aliphatic heterocycles. The standard InChI is InChI=1S/C21H28N4O3/c1-22-13-7-6-12-19(20(26)24-15-18-11-5-8-14-23-18)25-21(27)28-16-17-9-3-2-4-10-17/h2-5,8-11,14,19,22H,6-7,12-13,15-16H2,1H3,(H,24,26)(H,25,27)/t19-/m0/s1. The molecule has 2 rings (SSSR count). The lowest BCUT2D eigenvalue weighted by Gasteiger charge is -2.18. The zero-order chi connectivity index (χ0) is 20.0. The van der Waals surface area contributed by atoms with Gasteiger partial charge in [-0.3, -0.25) is 9.78 Å². The number of nitrogens with one attached hydrogen (secondary N) is 3. The van der Waals surface area contributed by atoms with Crippen LogP contribution >= 0.6 is 0 Å². The minimum atomic E-state index is -0.649. The van der Waals surface area contributed by atoms with Crippen molar-refractivity contribution < 1.29 is 14.3 Å². The summed E-state index contributed by atoms with van der Waals surface area (Å²) in [6.07, 6.45) is 3.34. The second kappa shape index (κ2) is 12.5. The van der Waals surface area contributed by atoms with E-state index in [-0.39, 0.29) is 12.5 Å². The van der Waals surface area contributed by atoms with E-state index in [9.17, 15) is 9.59 Å². The number of rotatable bonds is 11. The molecule has 0 aliphatic carbocycles.